The van der Waals surface area contributed by atoms with Gasteiger partial charge in [0.05, 0.1) is 6.61 Å². The van der Waals surface area contributed by atoms with Crippen molar-refractivity contribution in [2.45, 2.75) is 40.0 Å². The van der Waals surface area contributed by atoms with Crippen LogP contribution in [0.3, 0.4) is 0 Å². The third-order valence-corrected chi connectivity index (χ3v) is 5.90. The molecule has 36 heavy (non-hydrogen) atoms. The van der Waals surface area contributed by atoms with Crippen LogP contribution in [0.25, 0.3) is 6.08 Å². The van der Waals surface area contributed by atoms with Crippen LogP contribution >= 0.6 is 11.3 Å². The summed E-state index contributed by atoms with van der Waals surface area (Å²) < 4.78 is 17.3. The summed E-state index contributed by atoms with van der Waals surface area (Å²) >= 11 is 1.32. The summed E-state index contributed by atoms with van der Waals surface area (Å²) in [5, 5.41) is 21.5. The van der Waals surface area contributed by atoms with Gasteiger partial charge in [0.2, 0.25) is 5.13 Å². The Balaban J connectivity index is 1.63. The molecule has 0 spiro atoms. The Morgan fingerprint density at radius 3 is 2.56 bits per heavy atom. The van der Waals surface area contributed by atoms with Crippen molar-refractivity contribution in [2.24, 2.45) is 0 Å². The summed E-state index contributed by atoms with van der Waals surface area (Å²) in [7, 11) is 0. The Kier molecular flexibility index (Phi) is 10.3. The Hall–Kier alpha value is -3.90. The number of nitrogens with zero attached hydrogens (tertiary/aromatic N) is 3. The first-order valence-corrected chi connectivity index (χ1v) is 12.7. The number of nitriles is 1. The number of unbranched alkanes of at least 4 members (excludes halogenated alkanes) is 1. The molecule has 1 N–H and O–H groups in total. The summed E-state index contributed by atoms with van der Waals surface area (Å²) in [6.07, 6.45) is 4.38. The smallest absolute Gasteiger partial charge is 0.268 e. The van der Waals surface area contributed by atoms with Crippen LogP contribution in [0.15, 0.2) is 48.0 Å². The fraction of sp³-hybridized carbons (Fsp3) is 0.333. The fourth-order valence-electron chi connectivity index (χ4n) is 3.16. The lowest BCUT2D eigenvalue weighted by atomic mass is 10.1. The van der Waals surface area contributed by atoms with Gasteiger partial charge < -0.3 is 14.2 Å². The number of carbonyl (C=O) groups is 1. The lowest BCUT2D eigenvalue weighted by Gasteiger charge is -2.13. The molecule has 3 rings (SSSR count). The predicted molar refractivity (Wildman–Crippen MR) is 141 cm³/mol. The molecule has 0 radical (unpaired) electrons. The Morgan fingerprint density at radius 2 is 1.83 bits per heavy atom. The van der Waals surface area contributed by atoms with E-state index in [-0.39, 0.29) is 5.57 Å². The number of nitrogens with one attached hydrogen (secondary N) is 1. The van der Waals surface area contributed by atoms with E-state index in [1.165, 1.54) is 23.0 Å². The highest BCUT2D eigenvalue weighted by Gasteiger charge is 2.14. The maximum absolute atomic E-state index is 12.6. The molecular weight excluding hydrogens is 476 g/mol. The largest absolute Gasteiger partial charge is 0.490 e. The van der Waals surface area contributed by atoms with Gasteiger partial charge in [0.1, 0.15) is 35.6 Å². The molecule has 1 aromatic heterocycles. The lowest BCUT2D eigenvalue weighted by Crippen LogP contribution is -2.13. The third-order valence-electron chi connectivity index (χ3n) is 5.01. The number of ether oxygens (including phenoxy) is 3. The summed E-state index contributed by atoms with van der Waals surface area (Å²) in [4.78, 5) is 12.6. The minimum atomic E-state index is -0.540. The van der Waals surface area contributed by atoms with Crippen molar-refractivity contribution in [2.75, 3.05) is 25.1 Å². The number of aromatic nitrogens is 2. The quantitative estimate of drug-likeness (QED) is 0.183. The number of carbonyl (C=O) groups excluding carboxylic acids is 1. The van der Waals surface area contributed by atoms with Gasteiger partial charge in [-0.3, -0.25) is 10.1 Å². The first-order valence-electron chi connectivity index (χ1n) is 11.9. The molecule has 1 heterocycles. The van der Waals surface area contributed by atoms with Gasteiger partial charge in [-0.25, -0.2) is 0 Å². The van der Waals surface area contributed by atoms with Crippen LogP contribution in [0, 0.1) is 18.3 Å². The van der Waals surface area contributed by atoms with E-state index in [9.17, 15) is 10.1 Å². The Morgan fingerprint density at radius 1 is 1.06 bits per heavy atom. The zero-order valence-corrected chi connectivity index (χ0v) is 21.6. The monoisotopic (exact) mass is 506 g/mol. The average Bonchev–Trinajstić information content (AvgIpc) is 3.33. The first-order chi connectivity index (χ1) is 17.5. The summed E-state index contributed by atoms with van der Waals surface area (Å²) in [6, 6.07) is 15.0. The van der Waals surface area contributed by atoms with Crippen molar-refractivity contribution >= 4 is 28.5 Å². The Bertz CT molecular complexity index is 1220. The molecule has 1 amide bonds. The van der Waals surface area contributed by atoms with Crippen LogP contribution in [-0.4, -0.2) is 35.9 Å². The zero-order chi connectivity index (χ0) is 25.8. The molecule has 0 saturated carbocycles. The number of anilines is 1. The highest BCUT2D eigenvalue weighted by molar-refractivity contribution is 7.15. The molecule has 8 nitrogen and oxygen atoms in total. The maximum atomic E-state index is 12.6. The summed E-state index contributed by atoms with van der Waals surface area (Å²) in [5.41, 5.74) is 1.75. The zero-order valence-electron chi connectivity index (χ0n) is 20.7. The van der Waals surface area contributed by atoms with Gasteiger partial charge in [0, 0.05) is 6.42 Å². The molecule has 0 saturated heterocycles. The molecule has 0 fully saturated rings. The van der Waals surface area contributed by atoms with E-state index in [0.29, 0.717) is 42.0 Å². The highest BCUT2D eigenvalue weighted by Crippen LogP contribution is 2.29. The van der Waals surface area contributed by atoms with Crippen molar-refractivity contribution < 1.29 is 19.0 Å². The minimum Gasteiger partial charge on any atom is -0.490 e. The third kappa shape index (κ3) is 8.10. The van der Waals surface area contributed by atoms with E-state index in [1.807, 2.05) is 44.2 Å². The molecule has 0 aliphatic carbocycles. The van der Waals surface area contributed by atoms with Crippen molar-refractivity contribution in [1.29, 1.82) is 5.26 Å². The number of benzene rings is 2. The van der Waals surface area contributed by atoms with Crippen LogP contribution in [-0.2, 0) is 11.2 Å². The van der Waals surface area contributed by atoms with Crippen LogP contribution < -0.4 is 19.5 Å². The summed E-state index contributed by atoms with van der Waals surface area (Å²) in [6.45, 7) is 7.14. The van der Waals surface area contributed by atoms with Crippen LogP contribution in [0.5, 0.6) is 17.2 Å². The predicted octanol–water partition coefficient (Wildman–Crippen LogP) is 5.59. The molecule has 3 aromatic rings. The van der Waals surface area contributed by atoms with Crippen molar-refractivity contribution in [3.05, 3.63) is 64.2 Å². The van der Waals surface area contributed by atoms with E-state index < -0.39 is 5.91 Å². The van der Waals surface area contributed by atoms with Crippen LogP contribution in [0.2, 0.25) is 0 Å². The minimum absolute atomic E-state index is 0.0528. The standard InChI is InChI=1S/C27H30N4O4S/c1-4-6-7-25-30-31-27(36-25)29-26(32)21(18-28)16-20-10-13-23(24(17-20)33-5-2)35-15-14-34-22-11-8-19(3)9-12-22/h8-13,16-17H,4-7,14-15H2,1-3H3,(H,29,31,32). The molecule has 188 valence electrons. The molecule has 9 heteroatoms. The highest BCUT2D eigenvalue weighted by atomic mass is 32.1. The number of amides is 1. The van der Waals surface area contributed by atoms with Crippen LogP contribution in [0.1, 0.15) is 42.8 Å². The first kappa shape index (κ1) is 26.7. The lowest BCUT2D eigenvalue weighted by molar-refractivity contribution is -0.112. The molecule has 0 bridgehead atoms. The number of hydrogen-bond donors (Lipinski definition) is 1. The van der Waals surface area contributed by atoms with Crippen molar-refractivity contribution in [3.8, 4) is 23.3 Å². The second kappa shape index (κ2) is 13.9. The molecule has 0 unspecified atom stereocenters. The van der Waals surface area contributed by atoms with Gasteiger partial charge in [-0.15, -0.1) is 10.2 Å². The van der Waals surface area contributed by atoms with Crippen molar-refractivity contribution in [3.63, 3.8) is 0 Å². The van der Waals surface area contributed by atoms with Gasteiger partial charge in [-0.1, -0.05) is 48.4 Å². The van der Waals surface area contributed by atoms with E-state index in [2.05, 4.69) is 22.4 Å². The van der Waals surface area contributed by atoms with E-state index >= 15 is 0 Å². The molecule has 2 aromatic carbocycles. The van der Waals surface area contributed by atoms with Crippen LogP contribution in [0.4, 0.5) is 5.13 Å². The normalized spacial score (nSPS) is 11.0. The fourth-order valence-corrected chi connectivity index (χ4v) is 3.94. The van der Waals surface area contributed by atoms with E-state index in [0.717, 1.165) is 30.0 Å². The number of rotatable bonds is 13. The molecular formula is C27H30N4O4S. The van der Waals surface area contributed by atoms with Gasteiger partial charge in [0.15, 0.2) is 11.5 Å². The van der Waals surface area contributed by atoms with E-state index in [1.54, 1.807) is 18.2 Å². The summed E-state index contributed by atoms with van der Waals surface area (Å²) in [5.74, 6) is 1.31. The SMILES string of the molecule is CCCCc1nnc(NC(=O)C(C#N)=Cc2ccc(OCCOc3ccc(C)cc3)c(OCC)c2)s1. The Labute approximate surface area is 215 Å². The maximum Gasteiger partial charge on any atom is 0.268 e. The average molecular weight is 507 g/mol. The van der Waals surface area contributed by atoms with E-state index in [4.69, 9.17) is 14.2 Å². The van der Waals surface area contributed by atoms with Crippen molar-refractivity contribution in [1.82, 2.24) is 10.2 Å². The van der Waals surface area contributed by atoms with Gasteiger partial charge >= 0.3 is 0 Å². The van der Waals surface area contributed by atoms with Gasteiger partial charge in [-0.2, -0.15) is 5.26 Å². The number of hydrogen-bond acceptors (Lipinski definition) is 8. The number of aryl methyl sites for hydroxylation is 2. The molecule has 0 aliphatic rings. The van der Waals surface area contributed by atoms with Gasteiger partial charge in [-0.05, 0) is 56.2 Å². The molecule has 0 atom stereocenters. The second-order valence-electron chi connectivity index (χ2n) is 7.88. The second-order valence-corrected chi connectivity index (χ2v) is 8.94. The van der Waals surface area contributed by atoms with Gasteiger partial charge in [0.25, 0.3) is 5.91 Å². The molecule has 0 aliphatic heterocycles. The topological polar surface area (TPSA) is 106 Å².